The van der Waals surface area contributed by atoms with E-state index in [1.165, 1.54) is 11.3 Å². The molecule has 2 heterocycles. The standard InChI is InChI=1S/C9H13N3/c1-12-7-11-6-9(12)8-2-4-10-5-3-8/h2,6-7,10H,3-5H2,1H3. The van der Waals surface area contributed by atoms with Gasteiger partial charge in [0.2, 0.25) is 0 Å². The highest BCUT2D eigenvalue weighted by atomic mass is 15.0. The summed E-state index contributed by atoms with van der Waals surface area (Å²) in [5, 5.41) is 3.29. The predicted molar refractivity (Wildman–Crippen MR) is 48.7 cm³/mol. The number of hydrogen-bond donors (Lipinski definition) is 1. The van der Waals surface area contributed by atoms with Gasteiger partial charge in [-0.15, -0.1) is 0 Å². The monoisotopic (exact) mass is 163 g/mol. The molecular formula is C9H13N3. The van der Waals surface area contributed by atoms with Gasteiger partial charge in [0.25, 0.3) is 0 Å². The Hall–Kier alpha value is -1.09. The van der Waals surface area contributed by atoms with E-state index in [1.807, 2.05) is 19.6 Å². The van der Waals surface area contributed by atoms with E-state index < -0.39 is 0 Å². The van der Waals surface area contributed by atoms with Crippen molar-refractivity contribution in [1.82, 2.24) is 14.9 Å². The number of nitrogens with one attached hydrogen (secondary N) is 1. The van der Waals surface area contributed by atoms with Gasteiger partial charge in [-0.2, -0.15) is 0 Å². The number of nitrogens with zero attached hydrogens (tertiary/aromatic N) is 2. The van der Waals surface area contributed by atoms with Crippen molar-refractivity contribution in [3.63, 3.8) is 0 Å². The molecule has 0 aromatic carbocycles. The van der Waals surface area contributed by atoms with Crippen molar-refractivity contribution >= 4 is 5.57 Å². The smallest absolute Gasteiger partial charge is 0.0948 e. The van der Waals surface area contributed by atoms with Gasteiger partial charge in [0.15, 0.2) is 0 Å². The zero-order valence-corrected chi connectivity index (χ0v) is 7.25. The van der Waals surface area contributed by atoms with Gasteiger partial charge >= 0.3 is 0 Å². The summed E-state index contributed by atoms with van der Waals surface area (Å²) in [5.74, 6) is 0. The Morgan fingerprint density at radius 1 is 1.58 bits per heavy atom. The van der Waals surface area contributed by atoms with E-state index in [9.17, 15) is 0 Å². The molecule has 0 bridgehead atoms. The van der Waals surface area contributed by atoms with Crippen molar-refractivity contribution in [2.75, 3.05) is 13.1 Å². The van der Waals surface area contributed by atoms with Gasteiger partial charge < -0.3 is 9.88 Å². The maximum Gasteiger partial charge on any atom is 0.0948 e. The third-order valence-corrected chi connectivity index (χ3v) is 2.21. The van der Waals surface area contributed by atoms with Crippen molar-refractivity contribution < 1.29 is 0 Å². The van der Waals surface area contributed by atoms with Gasteiger partial charge in [0, 0.05) is 13.6 Å². The van der Waals surface area contributed by atoms with Crippen LogP contribution in [0.4, 0.5) is 0 Å². The number of imidazole rings is 1. The molecule has 3 heteroatoms. The number of hydrogen-bond acceptors (Lipinski definition) is 2. The van der Waals surface area contributed by atoms with Crippen LogP contribution in [0, 0.1) is 0 Å². The van der Waals surface area contributed by atoms with Crippen LogP contribution < -0.4 is 5.32 Å². The molecule has 0 radical (unpaired) electrons. The molecule has 1 aliphatic rings. The van der Waals surface area contributed by atoms with E-state index in [2.05, 4.69) is 20.9 Å². The zero-order valence-electron chi connectivity index (χ0n) is 7.25. The average Bonchev–Trinajstić information content (AvgIpc) is 2.53. The second-order valence-electron chi connectivity index (χ2n) is 3.07. The second-order valence-corrected chi connectivity index (χ2v) is 3.07. The van der Waals surface area contributed by atoms with Crippen LogP contribution in [-0.4, -0.2) is 22.6 Å². The van der Waals surface area contributed by atoms with Crippen LogP contribution in [0.15, 0.2) is 18.6 Å². The minimum Gasteiger partial charge on any atom is -0.334 e. The van der Waals surface area contributed by atoms with Crippen LogP contribution >= 0.6 is 0 Å². The molecule has 12 heavy (non-hydrogen) atoms. The molecule has 0 unspecified atom stereocenters. The number of aryl methyl sites for hydroxylation is 1. The summed E-state index contributed by atoms with van der Waals surface area (Å²) >= 11 is 0. The van der Waals surface area contributed by atoms with Crippen molar-refractivity contribution in [3.05, 3.63) is 24.3 Å². The lowest BCUT2D eigenvalue weighted by Crippen LogP contribution is -2.20. The Labute approximate surface area is 72.1 Å². The van der Waals surface area contributed by atoms with Crippen LogP contribution in [0.25, 0.3) is 5.57 Å². The third-order valence-electron chi connectivity index (χ3n) is 2.21. The Balaban J connectivity index is 2.29. The van der Waals surface area contributed by atoms with Gasteiger partial charge in [-0.05, 0) is 18.5 Å². The van der Waals surface area contributed by atoms with Gasteiger partial charge in [-0.1, -0.05) is 6.08 Å². The van der Waals surface area contributed by atoms with Crippen molar-refractivity contribution in [3.8, 4) is 0 Å². The van der Waals surface area contributed by atoms with Gasteiger partial charge in [0.1, 0.15) is 0 Å². The summed E-state index contributed by atoms with van der Waals surface area (Å²) in [6.45, 7) is 2.07. The summed E-state index contributed by atoms with van der Waals surface area (Å²) in [5.41, 5.74) is 2.66. The molecule has 1 aliphatic heterocycles. The van der Waals surface area contributed by atoms with E-state index in [1.54, 1.807) is 0 Å². The molecule has 1 aromatic heterocycles. The third kappa shape index (κ3) is 1.28. The second kappa shape index (κ2) is 3.11. The van der Waals surface area contributed by atoms with Crippen LogP contribution in [0.5, 0.6) is 0 Å². The summed E-state index contributed by atoms with van der Waals surface area (Å²) in [6, 6.07) is 0. The highest BCUT2D eigenvalue weighted by molar-refractivity contribution is 5.63. The lowest BCUT2D eigenvalue weighted by molar-refractivity contribution is 0.732. The topological polar surface area (TPSA) is 29.9 Å². The van der Waals surface area contributed by atoms with Gasteiger partial charge in [-0.25, -0.2) is 4.98 Å². The summed E-state index contributed by atoms with van der Waals surface area (Å²) in [7, 11) is 2.03. The number of rotatable bonds is 1. The van der Waals surface area contributed by atoms with Crippen LogP contribution in [0.1, 0.15) is 12.1 Å². The molecule has 64 valence electrons. The first-order valence-electron chi connectivity index (χ1n) is 4.24. The molecule has 0 saturated carbocycles. The summed E-state index contributed by atoms with van der Waals surface area (Å²) in [4.78, 5) is 4.10. The first kappa shape index (κ1) is 7.55. The van der Waals surface area contributed by atoms with Gasteiger partial charge in [0.05, 0.1) is 18.2 Å². The average molecular weight is 163 g/mol. The van der Waals surface area contributed by atoms with Gasteiger partial charge in [-0.3, -0.25) is 0 Å². The molecule has 0 amide bonds. The molecule has 1 aromatic rings. The van der Waals surface area contributed by atoms with Crippen molar-refractivity contribution in [1.29, 1.82) is 0 Å². The molecule has 3 nitrogen and oxygen atoms in total. The maximum atomic E-state index is 4.10. The molecule has 0 aliphatic carbocycles. The molecule has 1 N–H and O–H groups in total. The fraction of sp³-hybridized carbons (Fsp3) is 0.444. The van der Waals surface area contributed by atoms with E-state index in [0.29, 0.717) is 0 Å². The molecular weight excluding hydrogens is 150 g/mol. The van der Waals surface area contributed by atoms with E-state index in [-0.39, 0.29) is 0 Å². The van der Waals surface area contributed by atoms with E-state index >= 15 is 0 Å². The molecule has 0 fully saturated rings. The highest BCUT2D eigenvalue weighted by Gasteiger charge is 2.07. The molecule has 2 rings (SSSR count). The number of aromatic nitrogens is 2. The van der Waals surface area contributed by atoms with Crippen LogP contribution in [0.3, 0.4) is 0 Å². The molecule has 0 atom stereocenters. The Bertz CT molecular complexity index is 298. The maximum absolute atomic E-state index is 4.10. The Kier molecular flexibility index (Phi) is 1.96. The molecule has 0 saturated heterocycles. The van der Waals surface area contributed by atoms with Crippen LogP contribution in [0.2, 0.25) is 0 Å². The minimum absolute atomic E-state index is 0.987. The predicted octanol–water partition coefficient (Wildman–Crippen LogP) is 0.797. The largest absolute Gasteiger partial charge is 0.334 e. The Morgan fingerprint density at radius 2 is 2.50 bits per heavy atom. The van der Waals surface area contributed by atoms with Crippen LogP contribution in [-0.2, 0) is 7.05 Å². The first-order chi connectivity index (χ1) is 5.88. The Morgan fingerprint density at radius 3 is 3.08 bits per heavy atom. The van der Waals surface area contributed by atoms with Crippen molar-refractivity contribution in [2.24, 2.45) is 7.05 Å². The molecule has 0 spiro atoms. The lowest BCUT2D eigenvalue weighted by Gasteiger charge is -2.13. The minimum atomic E-state index is 0.987. The normalized spacial score (nSPS) is 17.6. The fourth-order valence-electron chi connectivity index (χ4n) is 1.52. The summed E-state index contributed by atoms with van der Waals surface area (Å²) < 4.78 is 2.07. The van der Waals surface area contributed by atoms with Crippen molar-refractivity contribution in [2.45, 2.75) is 6.42 Å². The van der Waals surface area contributed by atoms with E-state index in [0.717, 1.165) is 19.5 Å². The fourth-order valence-corrected chi connectivity index (χ4v) is 1.52. The first-order valence-corrected chi connectivity index (χ1v) is 4.24. The lowest BCUT2D eigenvalue weighted by atomic mass is 10.1. The van der Waals surface area contributed by atoms with E-state index in [4.69, 9.17) is 0 Å². The highest BCUT2D eigenvalue weighted by Crippen LogP contribution is 2.17. The zero-order chi connectivity index (χ0) is 8.39. The quantitative estimate of drug-likeness (QED) is 0.663. The summed E-state index contributed by atoms with van der Waals surface area (Å²) in [6.07, 6.45) is 7.12. The SMILES string of the molecule is Cn1cncc1C1=CCNCC1.